The van der Waals surface area contributed by atoms with Crippen LogP contribution in [0.25, 0.3) is 0 Å². The van der Waals surface area contributed by atoms with Gasteiger partial charge in [-0.15, -0.1) is 0 Å². The van der Waals surface area contributed by atoms with E-state index in [9.17, 15) is 13.2 Å². The number of piperidine rings is 1. The molecule has 1 aliphatic heterocycles. The monoisotopic (exact) mass is 289 g/mol. The maximum Gasteiger partial charge on any atom is 0.274 e. The van der Waals surface area contributed by atoms with Crippen LogP contribution in [0.2, 0.25) is 0 Å². The van der Waals surface area contributed by atoms with Gasteiger partial charge in [0, 0.05) is 25.6 Å². The number of nitrogens with one attached hydrogen (secondary N) is 1. The predicted molar refractivity (Wildman–Crippen MR) is 72.3 cm³/mol. The predicted octanol–water partition coefficient (Wildman–Crippen LogP) is 0.0642. The minimum absolute atomic E-state index is 0.116. The molecule has 0 bridgehead atoms. The summed E-state index contributed by atoms with van der Waals surface area (Å²) < 4.78 is 24.1. The first-order chi connectivity index (χ1) is 8.87. The molecule has 0 radical (unpaired) electrons. The molecule has 2 unspecified atom stereocenters. The Hall–Kier alpha value is -0.660. The van der Waals surface area contributed by atoms with Crippen molar-refractivity contribution in [3.8, 4) is 0 Å². The summed E-state index contributed by atoms with van der Waals surface area (Å²) >= 11 is 0. The van der Waals surface area contributed by atoms with E-state index >= 15 is 0 Å². The van der Waals surface area contributed by atoms with Gasteiger partial charge in [-0.05, 0) is 37.5 Å². The highest BCUT2D eigenvalue weighted by Gasteiger charge is 2.36. The van der Waals surface area contributed by atoms with E-state index in [1.165, 1.54) is 0 Å². The molecule has 1 aliphatic carbocycles. The van der Waals surface area contributed by atoms with Gasteiger partial charge in [-0.3, -0.25) is 4.79 Å². The van der Waals surface area contributed by atoms with Crippen LogP contribution in [0.1, 0.15) is 32.6 Å². The number of nitrogens with zero attached hydrogens (tertiary/aromatic N) is 1. The summed E-state index contributed by atoms with van der Waals surface area (Å²) in [4.78, 5) is 14.2. The van der Waals surface area contributed by atoms with E-state index in [1.807, 2.05) is 11.8 Å². The first-order valence-corrected chi connectivity index (χ1v) is 8.47. The molecule has 6 nitrogen and oxygen atoms in total. The molecule has 3 N–H and O–H groups in total. The molecule has 2 rings (SSSR count). The minimum atomic E-state index is -3.63. The molecule has 1 saturated heterocycles. The van der Waals surface area contributed by atoms with Gasteiger partial charge in [-0.25, -0.2) is 9.86 Å². The smallest absolute Gasteiger partial charge is 0.274 e. The van der Waals surface area contributed by atoms with Gasteiger partial charge >= 0.3 is 0 Å². The molecular formula is C12H23N3O3S. The number of hydrogen-bond acceptors (Lipinski definition) is 3. The molecule has 2 atom stereocenters. The van der Waals surface area contributed by atoms with E-state index in [0.29, 0.717) is 19.0 Å². The fourth-order valence-corrected chi connectivity index (χ4v) is 3.22. The molecule has 110 valence electrons. The van der Waals surface area contributed by atoms with Crippen LogP contribution in [-0.4, -0.2) is 38.9 Å². The van der Waals surface area contributed by atoms with E-state index in [-0.39, 0.29) is 17.7 Å². The standard InChI is InChI=1S/C12H23N3O3S/c1-9(11-4-5-11)12(16)15-6-2-3-10(8-15)7-14-19(13,17)18/h9-11,14H,2-8H2,1H3,(H2,13,17,18). The van der Waals surface area contributed by atoms with Crippen molar-refractivity contribution in [1.29, 1.82) is 0 Å². The highest BCUT2D eigenvalue weighted by molar-refractivity contribution is 7.87. The van der Waals surface area contributed by atoms with E-state index in [1.54, 1.807) is 0 Å². The van der Waals surface area contributed by atoms with Crippen LogP contribution < -0.4 is 9.86 Å². The topological polar surface area (TPSA) is 92.5 Å². The lowest BCUT2D eigenvalue weighted by molar-refractivity contribution is -0.137. The molecular weight excluding hydrogens is 266 g/mol. The zero-order valence-corrected chi connectivity index (χ0v) is 12.2. The van der Waals surface area contributed by atoms with Crippen LogP contribution in [0.5, 0.6) is 0 Å². The molecule has 2 aliphatic rings. The molecule has 0 aromatic carbocycles. The Morgan fingerprint density at radius 2 is 2.11 bits per heavy atom. The summed E-state index contributed by atoms with van der Waals surface area (Å²) in [5.41, 5.74) is 0. The molecule has 1 heterocycles. The number of hydrogen-bond donors (Lipinski definition) is 2. The molecule has 0 spiro atoms. The van der Waals surface area contributed by atoms with Gasteiger partial charge < -0.3 is 4.90 Å². The Kier molecular flexibility index (Phi) is 4.47. The highest BCUT2D eigenvalue weighted by Crippen LogP contribution is 2.37. The van der Waals surface area contributed by atoms with Crippen molar-refractivity contribution in [2.45, 2.75) is 32.6 Å². The third-order valence-corrected chi connectivity index (χ3v) is 4.69. The minimum Gasteiger partial charge on any atom is -0.342 e. The SMILES string of the molecule is CC(C(=O)N1CCCC(CNS(N)(=O)=O)C1)C1CC1. The molecule has 0 aromatic rings. The Morgan fingerprint density at radius 1 is 1.42 bits per heavy atom. The van der Waals surface area contributed by atoms with E-state index in [2.05, 4.69) is 4.72 Å². The summed E-state index contributed by atoms with van der Waals surface area (Å²) in [6.07, 6.45) is 4.19. The van der Waals surface area contributed by atoms with Crippen molar-refractivity contribution in [1.82, 2.24) is 9.62 Å². The number of carbonyl (C=O) groups excluding carboxylic acids is 1. The van der Waals surface area contributed by atoms with E-state index in [4.69, 9.17) is 5.14 Å². The highest BCUT2D eigenvalue weighted by atomic mass is 32.2. The molecule has 7 heteroatoms. The molecule has 2 fully saturated rings. The summed E-state index contributed by atoms with van der Waals surface area (Å²) in [7, 11) is -3.63. The fraction of sp³-hybridized carbons (Fsp3) is 0.917. The van der Waals surface area contributed by atoms with Crippen LogP contribution >= 0.6 is 0 Å². The second-order valence-electron chi connectivity index (χ2n) is 5.81. The third kappa shape index (κ3) is 4.43. The molecule has 1 saturated carbocycles. The van der Waals surface area contributed by atoms with Crippen LogP contribution in [0.4, 0.5) is 0 Å². The maximum atomic E-state index is 12.3. The Morgan fingerprint density at radius 3 is 2.68 bits per heavy atom. The molecule has 19 heavy (non-hydrogen) atoms. The number of likely N-dealkylation sites (tertiary alicyclic amines) is 1. The van der Waals surface area contributed by atoms with Crippen LogP contribution in [-0.2, 0) is 15.0 Å². The third-order valence-electron chi connectivity index (χ3n) is 4.12. The van der Waals surface area contributed by atoms with Crippen molar-refractivity contribution in [2.75, 3.05) is 19.6 Å². The zero-order valence-electron chi connectivity index (χ0n) is 11.3. The van der Waals surface area contributed by atoms with Gasteiger partial charge in [-0.2, -0.15) is 8.42 Å². The molecule has 0 aromatic heterocycles. The Balaban J connectivity index is 1.84. The average Bonchev–Trinajstić information content (AvgIpc) is 3.18. The zero-order chi connectivity index (χ0) is 14.0. The lowest BCUT2D eigenvalue weighted by atomic mass is 9.96. The summed E-state index contributed by atoms with van der Waals surface area (Å²) in [5, 5.41) is 4.92. The van der Waals surface area contributed by atoms with Crippen molar-refractivity contribution in [3.05, 3.63) is 0 Å². The van der Waals surface area contributed by atoms with Gasteiger partial charge in [0.15, 0.2) is 0 Å². The lowest BCUT2D eigenvalue weighted by Crippen LogP contribution is -2.46. The van der Waals surface area contributed by atoms with Gasteiger partial charge in [0.05, 0.1) is 0 Å². The number of nitrogens with two attached hydrogens (primary N) is 1. The Labute approximate surface area is 114 Å². The number of carbonyl (C=O) groups is 1. The Bertz CT molecular complexity index is 434. The summed E-state index contributed by atoms with van der Waals surface area (Å²) in [6.45, 7) is 3.76. The van der Waals surface area contributed by atoms with E-state index < -0.39 is 10.2 Å². The largest absolute Gasteiger partial charge is 0.342 e. The van der Waals surface area contributed by atoms with Crippen molar-refractivity contribution < 1.29 is 13.2 Å². The van der Waals surface area contributed by atoms with Gasteiger partial charge in [0.25, 0.3) is 10.2 Å². The normalized spacial score (nSPS) is 26.2. The first-order valence-electron chi connectivity index (χ1n) is 6.93. The van der Waals surface area contributed by atoms with Crippen LogP contribution in [0.15, 0.2) is 0 Å². The summed E-state index contributed by atoms with van der Waals surface area (Å²) in [5.74, 6) is 1.07. The lowest BCUT2D eigenvalue weighted by Gasteiger charge is -2.34. The van der Waals surface area contributed by atoms with Crippen molar-refractivity contribution in [3.63, 3.8) is 0 Å². The van der Waals surface area contributed by atoms with Crippen molar-refractivity contribution >= 4 is 16.1 Å². The van der Waals surface area contributed by atoms with Crippen LogP contribution in [0, 0.1) is 17.8 Å². The van der Waals surface area contributed by atoms with E-state index in [0.717, 1.165) is 32.2 Å². The second-order valence-corrected chi connectivity index (χ2v) is 7.19. The van der Waals surface area contributed by atoms with Gasteiger partial charge in [0.2, 0.25) is 5.91 Å². The maximum absolute atomic E-state index is 12.3. The quantitative estimate of drug-likeness (QED) is 0.750. The fourth-order valence-electron chi connectivity index (χ4n) is 2.75. The number of rotatable bonds is 5. The van der Waals surface area contributed by atoms with Gasteiger partial charge in [0.1, 0.15) is 0 Å². The first kappa shape index (κ1) is 14.7. The van der Waals surface area contributed by atoms with Crippen LogP contribution in [0.3, 0.4) is 0 Å². The number of amides is 1. The second kappa shape index (κ2) is 5.76. The van der Waals surface area contributed by atoms with Gasteiger partial charge in [-0.1, -0.05) is 6.92 Å². The summed E-state index contributed by atoms with van der Waals surface area (Å²) in [6, 6.07) is 0. The average molecular weight is 289 g/mol. The van der Waals surface area contributed by atoms with Crippen molar-refractivity contribution in [2.24, 2.45) is 22.9 Å². The molecule has 1 amide bonds.